The van der Waals surface area contributed by atoms with E-state index >= 15 is 0 Å². The molecule has 0 saturated carbocycles. The van der Waals surface area contributed by atoms with E-state index in [1.54, 1.807) is 25.7 Å². The average Bonchev–Trinajstić information content (AvgIpc) is 4.18. The second-order valence-electron chi connectivity index (χ2n) is 18.2. The standard InChI is InChI=1S/C56H64Cl2N6O4/c1-36(2)14-16-60-29-46-20-50(57)55(22-53(46)65-32-41-18-40(24-59-7)25-62-26-41)67-34-43-10-8-12-48(38(43)5)49-13-9-11-44(39(49)6)35-68-56-23-54(47(21-51(56)58)30-61-17-15-37(3)4)66-33-42-19-45(28-63-27-42)52-31-64-52/h8-13,18-28,31,36-37,52,60-61H,14-17,29-30,32-35H2,1-7H3/b59-24+. The number of hydrogen-bond acceptors (Lipinski definition) is 10. The summed E-state index contributed by atoms with van der Waals surface area (Å²) in [7, 11) is 1.74. The highest BCUT2D eigenvalue weighted by atomic mass is 35.5. The Morgan fingerprint density at radius 2 is 1.09 bits per heavy atom. The SMILES string of the molecule is C/N=C/c1cncc(COc2cc(OCc3cccc(-c4cccc(COc5cc(OCc6cncc(C7C=N7)c6)c(CNCCC(C)C)cc5Cl)c4C)c3C)c(Cl)cc2CNCCC(C)C)c1. The number of aliphatic imine (C=N–C) groups is 2. The van der Waals surface area contributed by atoms with Crippen LogP contribution in [0.25, 0.3) is 11.1 Å². The van der Waals surface area contributed by atoms with Gasteiger partial charge in [0.1, 0.15) is 55.5 Å². The van der Waals surface area contributed by atoms with Crippen molar-refractivity contribution >= 4 is 35.6 Å². The van der Waals surface area contributed by atoms with E-state index in [0.717, 1.165) is 92.7 Å². The highest BCUT2D eigenvalue weighted by molar-refractivity contribution is 6.32. The van der Waals surface area contributed by atoms with Gasteiger partial charge in [-0.05, 0) is 109 Å². The molecule has 2 N–H and O–H groups in total. The summed E-state index contributed by atoms with van der Waals surface area (Å²) in [5.74, 6) is 3.73. The zero-order valence-corrected chi connectivity index (χ0v) is 41.9. The first kappa shape index (κ1) is 50.1. The van der Waals surface area contributed by atoms with Crippen LogP contribution in [0.15, 0.2) is 108 Å². The van der Waals surface area contributed by atoms with E-state index in [1.807, 2.05) is 48.9 Å². The first-order valence-electron chi connectivity index (χ1n) is 23.5. The Hall–Kier alpha value is -5.78. The number of aromatic nitrogens is 2. The molecule has 0 aliphatic carbocycles. The Morgan fingerprint density at radius 3 is 1.57 bits per heavy atom. The lowest BCUT2D eigenvalue weighted by molar-refractivity contribution is 0.286. The number of pyridine rings is 2. The maximum atomic E-state index is 6.94. The van der Waals surface area contributed by atoms with Gasteiger partial charge in [0.15, 0.2) is 0 Å². The fourth-order valence-corrected chi connectivity index (χ4v) is 8.29. The van der Waals surface area contributed by atoms with Gasteiger partial charge < -0.3 is 29.6 Å². The molecule has 12 heteroatoms. The molecule has 0 bridgehead atoms. The third-order valence-electron chi connectivity index (χ3n) is 11.9. The summed E-state index contributed by atoms with van der Waals surface area (Å²) in [6.45, 7) is 17.5. The van der Waals surface area contributed by atoms with Gasteiger partial charge in [-0.3, -0.25) is 20.0 Å². The van der Waals surface area contributed by atoms with Crippen molar-refractivity contribution in [3.8, 4) is 34.1 Å². The highest BCUT2D eigenvalue weighted by Crippen LogP contribution is 2.38. The molecular formula is C56H64Cl2N6O4. The van der Waals surface area contributed by atoms with Crippen LogP contribution < -0.4 is 29.6 Å². The van der Waals surface area contributed by atoms with Crippen molar-refractivity contribution in [3.05, 3.63) is 163 Å². The summed E-state index contributed by atoms with van der Waals surface area (Å²) in [6, 6.07) is 24.6. The van der Waals surface area contributed by atoms with Gasteiger partial charge >= 0.3 is 0 Å². The smallest absolute Gasteiger partial charge is 0.142 e. The second-order valence-corrected chi connectivity index (χ2v) is 19.0. The van der Waals surface area contributed by atoms with Gasteiger partial charge in [0.05, 0.1) is 10.0 Å². The van der Waals surface area contributed by atoms with Crippen LogP contribution in [-0.4, -0.2) is 42.5 Å². The number of hydrogen-bond donors (Lipinski definition) is 2. The summed E-state index contributed by atoms with van der Waals surface area (Å²) < 4.78 is 25.9. The molecule has 1 aliphatic rings. The Bertz CT molecular complexity index is 2700. The molecule has 2 aromatic heterocycles. The van der Waals surface area contributed by atoms with E-state index in [1.165, 1.54) is 0 Å². The number of rotatable bonds is 25. The molecule has 7 rings (SSSR count). The van der Waals surface area contributed by atoms with E-state index in [0.29, 0.717) is 84.4 Å². The van der Waals surface area contributed by atoms with Crippen LogP contribution >= 0.6 is 23.2 Å². The third kappa shape index (κ3) is 14.1. The van der Waals surface area contributed by atoms with Crippen molar-refractivity contribution in [2.24, 2.45) is 21.8 Å². The van der Waals surface area contributed by atoms with Crippen molar-refractivity contribution in [1.82, 2.24) is 20.6 Å². The summed E-state index contributed by atoms with van der Waals surface area (Å²) in [5, 5.41) is 8.17. The number of benzene rings is 4. The van der Waals surface area contributed by atoms with Gasteiger partial charge in [-0.15, -0.1) is 0 Å². The van der Waals surface area contributed by atoms with Gasteiger partial charge in [-0.1, -0.05) is 87.3 Å². The highest BCUT2D eigenvalue weighted by Gasteiger charge is 2.19. The molecular weight excluding hydrogens is 892 g/mol. The monoisotopic (exact) mass is 954 g/mol. The minimum atomic E-state index is 0.124. The largest absolute Gasteiger partial charge is 0.488 e. The number of halogens is 2. The molecule has 0 saturated heterocycles. The first-order chi connectivity index (χ1) is 32.9. The molecule has 1 aliphatic heterocycles. The number of nitrogens with one attached hydrogen (secondary N) is 2. The molecule has 0 spiro atoms. The van der Waals surface area contributed by atoms with E-state index in [2.05, 4.69) is 115 Å². The van der Waals surface area contributed by atoms with Crippen LogP contribution in [0.1, 0.15) is 102 Å². The zero-order chi connectivity index (χ0) is 48.0. The molecule has 10 nitrogen and oxygen atoms in total. The van der Waals surface area contributed by atoms with Crippen LogP contribution in [0.3, 0.4) is 0 Å². The maximum Gasteiger partial charge on any atom is 0.142 e. The average molecular weight is 956 g/mol. The number of ether oxygens (including phenoxy) is 4. The lowest BCUT2D eigenvalue weighted by Crippen LogP contribution is -2.17. The predicted octanol–water partition coefficient (Wildman–Crippen LogP) is 12.8. The summed E-state index contributed by atoms with van der Waals surface area (Å²) in [4.78, 5) is 17.2. The number of nitrogens with zero attached hydrogens (tertiary/aromatic N) is 4. The van der Waals surface area contributed by atoms with E-state index < -0.39 is 0 Å². The Balaban J connectivity index is 1.06. The van der Waals surface area contributed by atoms with E-state index in [4.69, 9.17) is 42.1 Å². The van der Waals surface area contributed by atoms with Crippen LogP contribution in [0, 0.1) is 25.7 Å². The minimum Gasteiger partial charge on any atom is -0.488 e. The molecule has 356 valence electrons. The molecule has 6 aromatic rings. The van der Waals surface area contributed by atoms with Crippen molar-refractivity contribution in [2.75, 3.05) is 20.1 Å². The van der Waals surface area contributed by atoms with Crippen molar-refractivity contribution in [1.29, 1.82) is 0 Å². The molecule has 68 heavy (non-hydrogen) atoms. The van der Waals surface area contributed by atoms with Gasteiger partial charge in [0.2, 0.25) is 0 Å². The Labute approximate surface area is 412 Å². The Kier molecular flexibility index (Phi) is 18.0. The summed E-state index contributed by atoms with van der Waals surface area (Å²) in [6.07, 6.45) is 13.1. The van der Waals surface area contributed by atoms with Gasteiger partial charge in [-0.25, -0.2) is 0 Å². The molecule has 1 unspecified atom stereocenters. The lowest BCUT2D eigenvalue weighted by Gasteiger charge is -2.19. The van der Waals surface area contributed by atoms with Crippen LogP contribution in [0.2, 0.25) is 10.0 Å². The molecule has 3 heterocycles. The van der Waals surface area contributed by atoms with E-state index in [-0.39, 0.29) is 6.04 Å². The van der Waals surface area contributed by atoms with E-state index in [9.17, 15) is 0 Å². The predicted molar refractivity (Wildman–Crippen MR) is 277 cm³/mol. The van der Waals surface area contributed by atoms with Gasteiger partial charge in [0, 0.05) is 103 Å². The van der Waals surface area contributed by atoms with Crippen LogP contribution in [-0.2, 0) is 39.5 Å². The quantitative estimate of drug-likeness (QED) is 0.0431. The van der Waals surface area contributed by atoms with Gasteiger partial charge in [-0.2, -0.15) is 0 Å². The lowest BCUT2D eigenvalue weighted by atomic mass is 9.92. The molecule has 0 amide bonds. The normalized spacial score (nSPS) is 13.2. The fourth-order valence-electron chi connectivity index (χ4n) is 7.81. The second kappa shape index (κ2) is 24.5. The fraction of sp³-hybridized carbons (Fsp3) is 0.357. The first-order valence-corrected chi connectivity index (χ1v) is 24.3. The van der Waals surface area contributed by atoms with Crippen LogP contribution in [0.4, 0.5) is 0 Å². The third-order valence-corrected chi connectivity index (χ3v) is 12.5. The minimum absolute atomic E-state index is 0.124. The van der Waals surface area contributed by atoms with Crippen LogP contribution in [0.5, 0.6) is 23.0 Å². The molecule has 4 aromatic carbocycles. The zero-order valence-electron chi connectivity index (χ0n) is 40.4. The van der Waals surface area contributed by atoms with Gasteiger partial charge in [0.25, 0.3) is 0 Å². The van der Waals surface area contributed by atoms with Crippen molar-refractivity contribution < 1.29 is 18.9 Å². The summed E-state index contributed by atoms with van der Waals surface area (Å²) in [5.41, 5.74) is 12.4. The van der Waals surface area contributed by atoms with Crippen molar-refractivity contribution in [3.63, 3.8) is 0 Å². The molecule has 0 radical (unpaired) electrons. The maximum absolute atomic E-state index is 6.94. The van der Waals surface area contributed by atoms with Crippen molar-refractivity contribution in [2.45, 2.75) is 99.9 Å². The Morgan fingerprint density at radius 1 is 0.603 bits per heavy atom. The molecule has 0 fully saturated rings. The molecule has 1 atom stereocenters. The summed E-state index contributed by atoms with van der Waals surface area (Å²) >= 11 is 13.9. The topological polar surface area (TPSA) is 111 Å².